The zero-order valence-electron chi connectivity index (χ0n) is 11.5. The highest BCUT2D eigenvalue weighted by Crippen LogP contribution is 2.23. The Kier molecular flexibility index (Phi) is 3.62. The summed E-state index contributed by atoms with van der Waals surface area (Å²) in [6.45, 7) is 1.88. The van der Waals surface area contributed by atoms with E-state index in [1.165, 1.54) is 0 Å². The summed E-state index contributed by atoms with van der Waals surface area (Å²) < 4.78 is 1.90. The molecule has 0 aliphatic heterocycles. The normalized spacial score (nSPS) is 10.8. The van der Waals surface area contributed by atoms with Gasteiger partial charge in [0.1, 0.15) is 5.65 Å². The second kappa shape index (κ2) is 5.58. The number of rotatable bonds is 3. The van der Waals surface area contributed by atoms with Crippen LogP contribution >= 0.6 is 11.6 Å². The minimum atomic E-state index is -0.108. The Labute approximate surface area is 127 Å². The van der Waals surface area contributed by atoms with Crippen molar-refractivity contribution in [1.29, 1.82) is 0 Å². The summed E-state index contributed by atoms with van der Waals surface area (Å²) in [5, 5.41) is 3.51. The third kappa shape index (κ3) is 2.90. The number of hydrogen-bond acceptors (Lipinski definition) is 2. The van der Waals surface area contributed by atoms with E-state index in [0.717, 1.165) is 22.6 Å². The molecule has 1 N–H and O–H groups in total. The number of fused-ring (bicyclic) bond motifs is 1. The second-order valence-electron chi connectivity index (χ2n) is 4.84. The molecule has 1 amide bonds. The summed E-state index contributed by atoms with van der Waals surface area (Å²) in [5.41, 5.74) is 3.16. The van der Waals surface area contributed by atoms with Crippen LogP contribution in [-0.4, -0.2) is 15.3 Å². The molecule has 1 aromatic carbocycles. The minimum Gasteiger partial charge on any atom is -0.325 e. The SMILES string of the molecule is Cc1c(Cl)cccc1NC(=O)Cc1cn2ccccc2n1. The van der Waals surface area contributed by atoms with Crippen molar-refractivity contribution in [2.24, 2.45) is 0 Å². The lowest BCUT2D eigenvalue weighted by Gasteiger charge is -2.08. The molecule has 2 heterocycles. The molecule has 0 atom stereocenters. The predicted octanol–water partition coefficient (Wildman–Crippen LogP) is 3.48. The molecule has 0 aliphatic carbocycles. The fourth-order valence-electron chi connectivity index (χ4n) is 2.17. The molecule has 4 nitrogen and oxygen atoms in total. The maximum Gasteiger partial charge on any atom is 0.230 e. The fraction of sp³-hybridized carbons (Fsp3) is 0.125. The van der Waals surface area contributed by atoms with Gasteiger partial charge in [-0.25, -0.2) is 4.98 Å². The van der Waals surface area contributed by atoms with Gasteiger partial charge in [-0.2, -0.15) is 0 Å². The van der Waals surface area contributed by atoms with Crippen LogP contribution in [0.3, 0.4) is 0 Å². The summed E-state index contributed by atoms with van der Waals surface area (Å²) in [6, 6.07) is 11.2. The molecular weight excluding hydrogens is 286 g/mol. The Hall–Kier alpha value is -2.33. The van der Waals surface area contributed by atoms with Crippen LogP contribution in [0.5, 0.6) is 0 Å². The number of anilines is 1. The van der Waals surface area contributed by atoms with Gasteiger partial charge in [0.25, 0.3) is 0 Å². The van der Waals surface area contributed by atoms with Gasteiger partial charge in [0.2, 0.25) is 5.91 Å². The highest BCUT2D eigenvalue weighted by atomic mass is 35.5. The zero-order valence-corrected chi connectivity index (χ0v) is 12.3. The maximum atomic E-state index is 12.1. The monoisotopic (exact) mass is 299 g/mol. The maximum absolute atomic E-state index is 12.1. The van der Waals surface area contributed by atoms with Crippen LogP contribution in [0.1, 0.15) is 11.3 Å². The summed E-state index contributed by atoms with van der Waals surface area (Å²) in [5.74, 6) is -0.108. The van der Waals surface area contributed by atoms with E-state index in [2.05, 4.69) is 10.3 Å². The molecule has 0 aliphatic rings. The number of nitrogens with zero attached hydrogens (tertiary/aromatic N) is 2. The number of hydrogen-bond donors (Lipinski definition) is 1. The molecule has 3 aromatic rings. The Balaban J connectivity index is 1.75. The minimum absolute atomic E-state index is 0.108. The van der Waals surface area contributed by atoms with E-state index in [-0.39, 0.29) is 12.3 Å². The Bertz CT molecular complexity index is 777. The van der Waals surface area contributed by atoms with Gasteiger partial charge in [-0.1, -0.05) is 23.7 Å². The van der Waals surface area contributed by atoms with Gasteiger partial charge < -0.3 is 9.72 Å². The number of pyridine rings is 1. The number of aromatic nitrogens is 2. The number of nitrogens with one attached hydrogen (secondary N) is 1. The average molecular weight is 300 g/mol. The molecule has 0 fully saturated rings. The average Bonchev–Trinajstić information content (AvgIpc) is 2.86. The molecule has 3 rings (SSSR count). The van der Waals surface area contributed by atoms with E-state index < -0.39 is 0 Å². The quantitative estimate of drug-likeness (QED) is 0.805. The van der Waals surface area contributed by atoms with Crippen LogP contribution in [-0.2, 0) is 11.2 Å². The van der Waals surface area contributed by atoms with Gasteiger partial charge in [-0.05, 0) is 36.8 Å². The number of carbonyl (C=O) groups excluding carboxylic acids is 1. The van der Waals surface area contributed by atoms with Gasteiger partial charge >= 0.3 is 0 Å². The van der Waals surface area contributed by atoms with Crippen molar-refractivity contribution in [1.82, 2.24) is 9.38 Å². The third-order valence-electron chi connectivity index (χ3n) is 3.30. The fourth-order valence-corrected chi connectivity index (χ4v) is 2.35. The number of halogens is 1. The van der Waals surface area contributed by atoms with Crippen molar-refractivity contribution in [3.63, 3.8) is 0 Å². The number of amides is 1. The first-order valence-corrected chi connectivity index (χ1v) is 6.99. The van der Waals surface area contributed by atoms with E-state index in [1.807, 2.05) is 54.0 Å². The first kappa shape index (κ1) is 13.6. The molecule has 21 heavy (non-hydrogen) atoms. The van der Waals surface area contributed by atoms with Gasteiger partial charge in [0.05, 0.1) is 12.1 Å². The van der Waals surface area contributed by atoms with Crippen molar-refractivity contribution in [3.8, 4) is 0 Å². The number of imidazole rings is 1. The molecular formula is C16H14ClN3O. The van der Waals surface area contributed by atoms with E-state index >= 15 is 0 Å². The lowest BCUT2D eigenvalue weighted by atomic mass is 10.2. The first-order valence-electron chi connectivity index (χ1n) is 6.61. The summed E-state index contributed by atoms with van der Waals surface area (Å²) >= 11 is 6.04. The predicted molar refractivity (Wildman–Crippen MR) is 83.7 cm³/mol. The van der Waals surface area contributed by atoms with Gasteiger partial charge in [-0.15, -0.1) is 0 Å². The Morgan fingerprint density at radius 3 is 2.95 bits per heavy atom. The molecule has 2 aromatic heterocycles. The standard InChI is InChI=1S/C16H14ClN3O/c1-11-13(17)5-4-6-14(11)19-16(21)9-12-10-20-8-3-2-7-15(20)18-12/h2-8,10H,9H2,1H3,(H,19,21). The lowest BCUT2D eigenvalue weighted by molar-refractivity contribution is -0.115. The number of carbonyl (C=O) groups is 1. The van der Waals surface area contributed by atoms with Gasteiger partial charge in [0.15, 0.2) is 0 Å². The molecule has 106 valence electrons. The van der Waals surface area contributed by atoms with Gasteiger partial charge in [0, 0.05) is 23.1 Å². The zero-order chi connectivity index (χ0) is 14.8. The van der Waals surface area contributed by atoms with E-state index in [0.29, 0.717) is 5.02 Å². The molecule has 5 heteroatoms. The van der Waals surface area contributed by atoms with Crippen LogP contribution in [0.25, 0.3) is 5.65 Å². The lowest BCUT2D eigenvalue weighted by Crippen LogP contribution is -2.15. The van der Waals surface area contributed by atoms with Crippen LogP contribution in [0, 0.1) is 6.92 Å². The molecule has 0 radical (unpaired) electrons. The van der Waals surface area contributed by atoms with Crippen molar-refractivity contribution >= 4 is 28.8 Å². The highest BCUT2D eigenvalue weighted by molar-refractivity contribution is 6.31. The smallest absolute Gasteiger partial charge is 0.230 e. The molecule has 0 bridgehead atoms. The number of benzene rings is 1. The first-order chi connectivity index (χ1) is 10.1. The Morgan fingerprint density at radius 2 is 2.14 bits per heavy atom. The van der Waals surface area contributed by atoms with Crippen LogP contribution in [0.15, 0.2) is 48.8 Å². The topological polar surface area (TPSA) is 46.4 Å². The van der Waals surface area contributed by atoms with Crippen LogP contribution in [0.4, 0.5) is 5.69 Å². The highest BCUT2D eigenvalue weighted by Gasteiger charge is 2.10. The van der Waals surface area contributed by atoms with Crippen molar-refractivity contribution in [2.75, 3.05) is 5.32 Å². The van der Waals surface area contributed by atoms with Crippen LogP contribution in [0.2, 0.25) is 5.02 Å². The van der Waals surface area contributed by atoms with Crippen molar-refractivity contribution < 1.29 is 4.79 Å². The van der Waals surface area contributed by atoms with Gasteiger partial charge in [-0.3, -0.25) is 4.79 Å². The molecule has 0 saturated heterocycles. The van der Waals surface area contributed by atoms with E-state index in [9.17, 15) is 4.79 Å². The van der Waals surface area contributed by atoms with E-state index in [4.69, 9.17) is 11.6 Å². The van der Waals surface area contributed by atoms with Crippen LogP contribution < -0.4 is 5.32 Å². The van der Waals surface area contributed by atoms with E-state index in [1.54, 1.807) is 6.07 Å². The summed E-state index contributed by atoms with van der Waals surface area (Å²) in [4.78, 5) is 16.5. The molecule has 0 saturated carbocycles. The third-order valence-corrected chi connectivity index (χ3v) is 3.71. The summed E-state index contributed by atoms with van der Waals surface area (Å²) in [7, 11) is 0. The van der Waals surface area contributed by atoms with Crippen molar-refractivity contribution in [3.05, 3.63) is 65.1 Å². The second-order valence-corrected chi connectivity index (χ2v) is 5.24. The molecule has 0 spiro atoms. The Morgan fingerprint density at radius 1 is 1.29 bits per heavy atom. The largest absolute Gasteiger partial charge is 0.325 e. The molecule has 0 unspecified atom stereocenters. The summed E-state index contributed by atoms with van der Waals surface area (Å²) in [6.07, 6.45) is 4.00. The van der Waals surface area contributed by atoms with Crippen molar-refractivity contribution in [2.45, 2.75) is 13.3 Å².